The molecule has 0 radical (unpaired) electrons. The number of aromatic nitrogens is 1. The number of esters is 1. The van der Waals surface area contributed by atoms with Crippen molar-refractivity contribution >= 4 is 40.3 Å². The fraction of sp³-hybridized carbons (Fsp3) is 0.158. The molecule has 1 aromatic heterocycles. The van der Waals surface area contributed by atoms with Crippen LogP contribution in [0.2, 0.25) is 0 Å². The molecule has 1 aromatic carbocycles. The molecule has 0 spiro atoms. The highest BCUT2D eigenvalue weighted by atomic mass is 32.2. The Kier molecular flexibility index (Phi) is 5.40. The van der Waals surface area contributed by atoms with E-state index in [1.807, 2.05) is 36.4 Å². The number of ether oxygens (including phenoxy) is 1. The third-order valence-corrected chi connectivity index (χ3v) is 4.54. The molecule has 1 fully saturated rings. The maximum absolute atomic E-state index is 12.7. The normalized spacial score (nSPS) is 20.2. The number of Topliss-reactive ketones (excluding diaryl/α,β-unsaturated/α-hetero) is 1. The summed E-state index contributed by atoms with van der Waals surface area (Å²) in [6, 6.07) is 12.9. The zero-order valence-corrected chi connectivity index (χ0v) is 14.4. The van der Waals surface area contributed by atoms with Crippen LogP contribution in [0.15, 0.2) is 64.8 Å². The second kappa shape index (κ2) is 7.90. The van der Waals surface area contributed by atoms with Gasteiger partial charge in [0.2, 0.25) is 0 Å². The molecule has 1 atom stereocenters. The van der Waals surface area contributed by atoms with Crippen LogP contribution in [0.25, 0.3) is 6.08 Å². The number of hydrogen-bond donors (Lipinski definition) is 0. The molecule has 2 aromatic rings. The van der Waals surface area contributed by atoms with Gasteiger partial charge >= 0.3 is 5.97 Å². The number of hydrogen-bond acceptors (Lipinski definition) is 6. The van der Waals surface area contributed by atoms with Crippen molar-refractivity contribution in [3.8, 4) is 0 Å². The van der Waals surface area contributed by atoms with Crippen molar-refractivity contribution in [2.45, 2.75) is 6.92 Å². The minimum absolute atomic E-state index is 0.216. The first-order valence-corrected chi connectivity index (χ1v) is 8.64. The van der Waals surface area contributed by atoms with E-state index in [0.29, 0.717) is 15.6 Å². The number of pyridine rings is 1. The number of ketones is 1. The lowest BCUT2D eigenvalue weighted by molar-refractivity contribution is -0.147. The van der Waals surface area contributed by atoms with E-state index in [9.17, 15) is 9.59 Å². The van der Waals surface area contributed by atoms with Crippen molar-refractivity contribution in [1.82, 2.24) is 4.98 Å². The van der Waals surface area contributed by atoms with Crippen LogP contribution in [0.3, 0.4) is 0 Å². The Labute approximate surface area is 149 Å². The molecule has 1 aliphatic rings. The van der Waals surface area contributed by atoms with Gasteiger partial charge in [0.25, 0.3) is 0 Å². The lowest BCUT2D eigenvalue weighted by Crippen LogP contribution is -2.27. The van der Waals surface area contributed by atoms with Crippen LogP contribution in [0.5, 0.6) is 0 Å². The minimum atomic E-state index is -1.01. The van der Waals surface area contributed by atoms with Crippen molar-refractivity contribution in [3.63, 3.8) is 0 Å². The van der Waals surface area contributed by atoms with Crippen LogP contribution in [0.1, 0.15) is 12.5 Å². The highest BCUT2D eigenvalue weighted by Crippen LogP contribution is 2.38. The summed E-state index contributed by atoms with van der Waals surface area (Å²) in [5.74, 6) is -1.86. The van der Waals surface area contributed by atoms with E-state index in [2.05, 4.69) is 9.98 Å². The summed E-state index contributed by atoms with van der Waals surface area (Å²) in [6.07, 6.45) is 5.04. The van der Waals surface area contributed by atoms with Crippen molar-refractivity contribution in [3.05, 3.63) is 65.3 Å². The van der Waals surface area contributed by atoms with Crippen LogP contribution < -0.4 is 0 Å². The number of carbonyl (C=O) groups is 2. The van der Waals surface area contributed by atoms with Gasteiger partial charge in [-0.3, -0.25) is 14.6 Å². The van der Waals surface area contributed by atoms with Crippen LogP contribution in [0.4, 0.5) is 5.69 Å². The molecular formula is C19H16N2O3S. The van der Waals surface area contributed by atoms with Gasteiger partial charge in [0.05, 0.1) is 17.2 Å². The summed E-state index contributed by atoms with van der Waals surface area (Å²) in [7, 11) is 0. The van der Waals surface area contributed by atoms with Crippen molar-refractivity contribution in [2.24, 2.45) is 10.9 Å². The summed E-state index contributed by atoms with van der Waals surface area (Å²) < 4.78 is 5.07. The molecule has 1 saturated heterocycles. The van der Waals surface area contributed by atoms with E-state index in [4.69, 9.17) is 4.74 Å². The second-order valence-electron chi connectivity index (χ2n) is 5.23. The number of carbonyl (C=O) groups excluding carboxylic acids is 2. The zero-order chi connectivity index (χ0) is 17.6. The summed E-state index contributed by atoms with van der Waals surface area (Å²) in [4.78, 5) is 34.0. The Bertz CT molecular complexity index is 832. The monoisotopic (exact) mass is 352 g/mol. The third-order valence-electron chi connectivity index (χ3n) is 3.47. The second-order valence-corrected chi connectivity index (χ2v) is 6.29. The third kappa shape index (κ3) is 4.03. The lowest BCUT2D eigenvalue weighted by atomic mass is 10.0. The number of rotatable bonds is 4. The lowest BCUT2D eigenvalue weighted by Gasteiger charge is -2.07. The quantitative estimate of drug-likeness (QED) is 0.477. The van der Waals surface area contributed by atoms with Gasteiger partial charge in [-0.2, -0.15) is 0 Å². The summed E-state index contributed by atoms with van der Waals surface area (Å²) >= 11 is 1.20. The fourth-order valence-corrected chi connectivity index (χ4v) is 3.45. The molecule has 0 N–H and O–H groups in total. The highest BCUT2D eigenvalue weighted by molar-refractivity contribution is 8.19. The van der Waals surface area contributed by atoms with Crippen LogP contribution in [-0.2, 0) is 14.3 Å². The van der Waals surface area contributed by atoms with Gasteiger partial charge in [-0.05, 0) is 36.8 Å². The first-order chi connectivity index (χ1) is 12.2. The molecule has 1 aliphatic heterocycles. The first-order valence-electron chi connectivity index (χ1n) is 7.83. The van der Waals surface area contributed by atoms with Crippen molar-refractivity contribution in [1.29, 1.82) is 0 Å². The maximum Gasteiger partial charge on any atom is 0.323 e. The number of para-hydroxylation sites is 1. The van der Waals surface area contributed by atoms with Gasteiger partial charge in [-0.1, -0.05) is 36.0 Å². The topological polar surface area (TPSA) is 68.6 Å². The van der Waals surface area contributed by atoms with Crippen molar-refractivity contribution < 1.29 is 14.3 Å². The van der Waals surface area contributed by atoms with Gasteiger partial charge < -0.3 is 4.74 Å². The van der Waals surface area contributed by atoms with Gasteiger partial charge in [0, 0.05) is 12.4 Å². The fourth-order valence-electron chi connectivity index (χ4n) is 2.34. The summed E-state index contributed by atoms with van der Waals surface area (Å²) in [5.41, 5.74) is 1.48. The average Bonchev–Trinajstić information content (AvgIpc) is 2.92. The van der Waals surface area contributed by atoms with E-state index < -0.39 is 11.9 Å². The molecule has 126 valence electrons. The van der Waals surface area contributed by atoms with Gasteiger partial charge in [-0.25, -0.2) is 4.99 Å². The molecular weight excluding hydrogens is 336 g/mol. The van der Waals surface area contributed by atoms with Gasteiger partial charge in [0.1, 0.15) is 5.04 Å². The predicted molar refractivity (Wildman–Crippen MR) is 98.5 cm³/mol. The van der Waals surface area contributed by atoms with Gasteiger partial charge in [0.15, 0.2) is 11.7 Å². The number of aliphatic imine (C=N–C) groups is 1. The Morgan fingerprint density at radius 2 is 2.08 bits per heavy atom. The standard InChI is InChI=1S/C19H16N2O3S/c1-2-24-19(23)16-17(22)15(11-13-7-6-10-20-12-13)25-18(16)21-14-8-4-3-5-9-14/h3-12,16H,2H2,1H3/b15-11-,21-18?. The molecule has 0 aliphatic carbocycles. The van der Waals surface area contributed by atoms with Crippen LogP contribution >= 0.6 is 11.8 Å². The Morgan fingerprint density at radius 1 is 1.28 bits per heavy atom. The predicted octanol–water partition coefficient (Wildman–Crippen LogP) is 3.65. The van der Waals surface area contributed by atoms with Crippen molar-refractivity contribution in [2.75, 3.05) is 6.61 Å². The number of benzene rings is 1. The zero-order valence-electron chi connectivity index (χ0n) is 13.6. The molecule has 25 heavy (non-hydrogen) atoms. The number of nitrogens with zero attached hydrogens (tertiary/aromatic N) is 2. The van der Waals surface area contributed by atoms with E-state index in [1.54, 1.807) is 31.5 Å². The van der Waals surface area contributed by atoms with E-state index >= 15 is 0 Å². The molecule has 0 saturated carbocycles. The SMILES string of the molecule is CCOC(=O)C1C(=O)/C(=C/c2cccnc2)SC1=Nc1ccccc1. The molecule has 0 amide bonds. The Balaban J connectivity index is 1.98. The average molecular weight is 352 g/mol. The Morgan fingerprint density at radius 3 is 2.76 bits per heavy atom. The first kappa shape index (κ1) is 17.1. The smallest absolute Gasteiger partial charge is 0.323 e. The van der Waals surface area contributed by atoms with Crippen LogP contribution in [0, 0.1) is 5.92 Å². The van der Waals surface area contributed by atoms with E-state index in [1.165, 1.54) is 11.8 Å². The Hall–Kier alpha value is -2.73. The molecule has 5 nitrogen and oxygen atoms in total. The highest BCUT2D eigenvalue weighted by Gasteiger charge is 2.42. The van der Waals surface area contributed by atoms with E-state index in [-0.39, 0.29) is 12.4 Å². The molecule has 0 bridgehead atoms. The summed E-state index contributed by atoms with van der Waals surface area (Å²) in [5, 5.41) is 0.435. The number of thioether (sulfide) groups is 1. The largest absolute Gasteiger partial charge is 0.465 e. The maximum atomic E-state index is 12.7. The summed E-state index contributed by atoms with van der Waals surface area (Å²) in [6.45, 7) is 1.93. The van der Waals surface area contributed by atoms with Gasteiger partial charge in [-0.15, -0.1) is 0 Å². The number of allylic oxidation sites excluding steroid dienone is 1. The van der Waals surface area contributed by atoms with Crippen LogP contribution in [-0.4, -0.2) is 28.4 Å². The molecule has 1 unspecified atom stereocenters. The molecule has 6 heteroatoms. The minimum Gasteiger partial charge on any atom is -0.465 e. The molecule has 3 rings (SSSR count). The van der Waals surface area contributed by atoms with E-state index in [0.717, 1.165) is 5.56 Å². The molecule has 2 heterocycles.